The molecule has 5 aliphatic rings. The summed E-state index contributed by atoms with van der Waals surface area (Å²) in [6.07, 6.45) is 9.30. The number of aliphatic hydroxyl groups excluding tert-OH is 1. The van der Waals surface area contributed by atoms with Gasteiger partial charge in [0.2, 0.25) is 0 Å². The Morgan fingerprint density at radius 3 is 2.31 bits per heavy atom. The van der Waals surface area contributed by atoms with Crippen LogP contribution in [0, 0.1) is 51.3 Å². The Balaban J connectivity index is 1.48. The summed E-state index contributed by atoms with van der Waals surface area (Å²) in [4.78, 5) is 0. The van der Waals surface area contributed by atoms with Gasteiger partial charge in [-0.2, -0.15) is 0 Å². The molecular weight excluding hydrogens is 396 g/mol. The molecule has 2 N–H and O–H groups in total. The van der Waals surface area contributed by atoms with Gasteiger partial charge < -0.3 is 14.9 Å². The highest BCUT2D eigenvalue weighted by Gasteiger charge is 2.63. The van der Waals surface area contributed by atoms with E-state index in [0.717, 1.165) is 12.8 Å². The van der Waals surface area contributed by atoms with Crippen molar-refractivity contribution >= 4 is 0 Å². The Labute approximate surface area is 195 Å². The minimum absolute atomic E-state index is 0.000983. The van der Waals surface area contributed by atoms with E-state index in [9.17, 15) is 10.2 Å². The first kappa shape index (κ1) is 22.9. The van der Waals surface area contributed by atoms with Crippen LogP contribution in [0.3, 0.4) is 0 Å². The molecule has 0 amide bonds. The SMILES string of the molecule is C[C@H](C#CC1(O)COC1)[C@H]1CC[C@@]2(C)C3=C(CC[C@]12C)[C@@]1(C)CC[C@H](O)C(C)(C)[C@@H]1CC3. The molecular formula is C29H44O3. The van der Waals surface area contributed by atoms with Crippen LogP contribution in [0.15, 0.2) is 11.1 Å². The number of allylic oxidation sites excluding steroid dienone is 2. The van der Waals surface area contributed by atoms with Crippen molar-refractivity contribution in [1.29, 1.82) is 0 Å². The number of aliphatic hydroxyl groups is 2. The summed E-state index contributed by atoms with van der Waals surface area (Å²) in [5.41, 5.74) is 3.42. The molecule has 3 heteroatoms. The Morgan fingerprint density at radius 2 is 1.66 bits per heavy atom. The summed E-state index contributed by atoms with van der Waals surface area (Å²) in [6, 6.07) is 0. The molecule has 0 aromatic heterocycles. The highest BCUT2D eigenvalue weighted by molar-refractivity contribution is 5.39. The van der Waals surface area contributed by atoms with E-state index in [1.165, 1.54) is 38.5 Å². The number of rotatable bonds is 1. The molecule has 0 unspecified atom stereocenters. The molecule has 3 fully saturated rings. The molecule has 7 atom stereocenters. The maximum absolute atomic E-state index is 10.8. The van der Waals surface area contributed by atoms with Gasteiger partial charge in [0, 0.05) is 5.92 Å². The first-order chi connectivity index (χ1) is 14.9. The second-order valence-electron chi connectivity index (χ2n) is 13.3. The molecule has 4 aliphatic carbocycles. The zero-order chi connectivity index (χ0) is 23.2. The lowest BCUT2D eigenvalue weighted by Gasteiger charge is -2.62. The lowest BCUT2D eigenvalue weighted by atomic mass is 9.43. The minimum atomic E-state index is -0.912. The molecule has 0 radical (unpaired) electrons. The lowest BCUT2D eigenvalue weighted by Crippen LogP contribution is -2.55. The predicted molar refractivity (Wildman–Crippen MR) is 128 cm³/mol. The molecule has 1 aliphatic heterocycles. The molecule has 2 saturated carbocycles. The third-order valence-corrected chi connectivity index (χ3v) is 11.6. The fourth-order valence-electron chi connectivity index (χ4n) is 9.23. The van der Waals surface area contributed by atoms with Crippen molar-refractivity contribution in [3.63, 3.8) is 0 Å². The van der Waals surface area contributed by atoms with E-state index in [2.05, 4.69) is 53.4 Å². The third kappa shape index (κ3) is 2.91. The van der Waals surface area contributed by atoms with Gasteiger partial charge >= 0.3 is 0 Å². The summed E-state index contributed by atoms with van der Waals surface area (Å²) in [6.45, 7) is 15.3. The van der Waals surface area contributed by atoms with Gasteiger partial charge in [0.15, 0.2) is 5.60 Å². The maximum atomic E-state index is 10.8. The van der Waals surface area contributed by atoms with Crippen molar-refractivity contribution in [1.82, 2.24) is 0 Å². The summed E-state index contributed by atoms with van der Waals surface area (Å²) in [7, 11) is 0. The zero-order valence-corrected chi connectivity index (χ0v) is 21.2. The zero-order valence-electron chi connectivity index (χ0n) is 21.2. The molecule has 0 spiro atoms. The van der Waals surface area contributed by atoms with Crippen LogP contribution in [0.2, 0.25) is 0 Å². The second kappa shape index (κ2) is 7.10. The number of hydrogen-bond donors (Lipinski definition) is 2. The standard InChI is InChI=1S/C29H44O3/c1-19(9-16-29(31)17-32-18-29)20-10-14-28(6)22-7-8-23-25(2,3)24(30)12-13-26(23,4)21(22)11-15-27(20,28)5/h19-20,23-24,30-31H,7-8,10-15,17-18H2,1-6H3/t19-,20-,23+,24+,26-,27-,28+/m1/s1. The van der Waals surface area contributed by atoms with Gasteiger partial charge in [-0.1, -0.05) is 64.5 Å². The van der Waals surface area contributed by atoms with Crippen LogP contribution in [-0.2, 0) is 4.74 Å². The summed E-state index contributed by atoms with van der Waals surface area (Å²) < 4.78 is 5.18. The van der Waals surface area contributed by atoms with Crippen LogP contribution in [-0.4, -0.2) is 35.1 Å². The van der Waals surface area contributed by atoms with Crippen LogP contribution in [0.1, 0.15) is 92.9 Å². The van der Waals surface area contributed by atoms with Crippen molar-refractivity contribution in [2.45, 2.75) is 105 Å². The minimum Gasteiger partial charge on any atom is -0.393 e. The molecule has 0 aromatic rings. The fraction of sp³-hybridized carbons (Fsp3) is 0.862. The van der Waals surface area contributed by atoms with Gasteiger partial charge in [-0.25, -0.2) is 0 Å². The van der Waals surface area contributed by atoms with Gasteiger partial charge in [0.25, 0.3) is 0 Å². The van der Waals surface area contributed by atoms with Gasteiger partial charge in [0.05, 0.1) is 19.3 Å². The number of hydrogen-bond acceptors (Lipinski definition) is 3. The fourth-order valence-corrected chi connectivity index (χ4v) is 9.23. The Hall–Kier alpha value is -0.820. The highest BCUT2D eigenvalue weighted by Crippen LogP contribution is 2.72. The predicted octanol–water partition coefficient (Wildman–Crippen LogP) is 5.50. The maximum Gasteiger partial charge on any atom is 0.171 e. The van der Waals surface area contributed by atoms with Crippen LogP contribution in [0.4, 0.5) is 0 Å². The summed E-state index contributed by atoms with van der Waals surface area (Å²) in [5, 5.41) is 21.2. The normalized spacial score (nSPS) is 47.3. The molecule has 5 rings (SSSR count). The summed E-state index contributed by atoms with van der Waals surface area (Å²) >= 11 is 0. The lowest BCUT2D eigenvalue weighted by molar-refractivity contribution is -0.141. The molecule has 0 aromatic carbocycles. The Morgan fingerprint density at radius 1 is 0.938 bits per heavy atom. The third-order valence-electron chi connectivity index (χ3n) is 11.6. The average Bonchev–Trinajstić information content (AvgIpc) is 2.99. The van der Waals surface area contributed by atoms with Crippen molar-refractivity contribution < 1.29 is 14.9 Å². The van der Waals surface area contributed by atoms with Gasteiger partial charge in [-0.05, 0) is 84.9 Å². The van der Waals surface area contributed by atoms with E-state index in [0.29, 0.717) is 31.0 Å². The van der Waals surface area contributed by atoms with Crippen molar-refractivity contribution in [2.24, 2.45) is 39.4 Å². The average molecular weight is 441 g/mol. The Kier molecular flexibility index (Phi) is 5.09. The van der Waals surface area contributed by atoms with Gasteiger partial charge in [-0.3, -0.25) is 0 Å². The van der Waals surface area contributed by atoms with E-state index in [-0.39, 0.29) is 27.8 Å². The van der Waals surface area contributed by atoms with E-state index >= 15 is 0 Å². The topological polar surface area (TPSA) is 49.7 Å². The van der Waals surface area contributed by atoms with E-state index in [1.807, 2.05) is 0 Å². The largest absolute Gasteiger partial charge is 0.393 e. The van der Waals surface area contributed by atoms with Crippen LogP contribution in [0.25, 0.3) is 0 Å². The Bertz CT molecular complexity index is 886. The van der Waals surface area contributed by atoms with Gasteiger partial charge in [-0.15, -0.1) is 0 Å². The van der Waals surface area contributed by atoms with Crippen molar-refractivity contribution in [3.8, 4) is 11.8 Å². The molecule has 3 nitrogen and oxygen atoms in total. The van der Waals surface area contributed by atoms with E-state index in [1.54, 1.807) is 11.1 Å². The van der Waals surface area contributed by atoms with Crippen LogP contribution < -0.4 is 0 Å². The second-order valence-corrected chi connectivity index (χ2v) is 13.3. The van der Waals surface area contributed by atoms with Crippen LogP contribution in [0.5, 0.6) is 0 Å². The van der Waals surface area contributed by atoms with Crippen molar-refractivity contribution in [3.05, 3.63) is 11.1 Å². The first-order valence-corrected chi connectivity index (χ1v) is 13.1. The monoisotopic (exact) mass is 440 g/mol. The quantitative estimate of drug-likeness (QED) is 0.418. The molecule has 32 heavy (non-hydrogen) atoms. The van der Waals surface area contributed by atoms with Gasteiger partial charge in [0.1, 0.15) is 0 Å². The number of fused-ring (bicyclic) bond motifs is 4. The molecule has 178 valence electrons. The van der Waals surface area contributed by atoms with Crippen molar-refractivity contribution in [2.75, 3.05) is 13.2 Å². The molecule has 1 saturated heterocycles. The summed E-state index contributed by atoms with van der Waals surface area (Å²) in [5.74, 6) is 8.07. The number of ether oxygens (including phenoxy) is 1. The molecule has 1 heterocycles. The highest BCUT2D eigenvalue weighted by atomic mass is 16.5. The first-order valence-electron chi connectivity index (χ1n) is 13.1. The smallest absolute Gasteiger partial charge is 0.171 e. The molecule has 0 bridgehead atoms. The van der Waals surface area contributed by atoms with Crippen LogP contribution >= 0.6 is 0 Å². The van der Waals surface area contributed by atoms with E-state index in [4.69, 9.17) is 4.74 Å². The van der Waals surface area contributed by atoms with E-state index < -0.39 is 5.60 Å².